The first kappa shape index (κ1) is 15.5. The molecule has 1 saturated heterocycles. The van der Waals surface area contributed by atoms with Crippen molar-refractivity contribution in [3.05, 3.63) is 35.9 Å². The molecule has 1 aliphatic heterocycles. The highest BCUT2D eigenvalue weighted by molar-refractivity contribution is 5.79. The lowest BCUT2D eigenvalue weighted by Crippen LogP contribution is -2.43. The summed E-state index contributed by atoms with van der Waals surface area (Å²) < 4.78 is 0. The zero-order valence-corrected chi connectivity index (χ0v) is 13.3. The minimum Gasteiger partial charge on any atom is -0.388 e. The Bertz CT molecular complexity index is 473. The lowest BCUT2D eigenvalue weighted by atomic mass is 9.85. The SMILES string of the molecule is O=C(C1CCCCC1)N1CCC([C@@H](O)c2ccccc2)CC1. The van der Waals surface area contributed by atoms with Gasteiger partial charge < -0.3 is 10.0 Å². The molecular weight excluding hydrogens is 274 g/mol. The van der Waals surface area contributed by atoms with Gasteiger partial charge in [-0.3, -0.25) is 4.79 Å². The fourth-order valence-electron chi connectivity index (χ4n) is 3.97. The number of likely N-dealkylation sites (tertiary alicyclic amines) is 1. The van der Waals surface area contributed by atoms with E-state index in [1.54, 1.807) is 0 Å². The van der Waals surface area contributed by atoms with Crippen LogP contribution in [0, 0.1) is 11.8 Å². The molecule has 0 spiro atoms. The van der Waals surface area contributed by atoms with Crippen LogP contribution in [0.5, 0.6) is 0 Å². The number of carbonyl (C=O) groups is 1. The number of aliphatic hydroxyl groups is 1. The van der Waals surface area contributed by atoms with Crippen LogP contribution in [0.15, 0.2) is 30.3 Å². The quantitative estimate of drug-likeness (QED) is 0.927. The van der Waals surface area contributed by atoms with E-state index in [9.17, 15) is 9.90 Å². The summed E-state index contributed by atoms with van der Waals surface area (Å²) >= 11 is 0. The van der Waals surface area contributed by atoms with Crippen LogP contribution in [0.3, 0.4) is 0 Å². The molecule has 1 saturated carbocycles. The summed E-state index contributed by atoms with van der Waals surface area (Å²) in [7, 11) is 0. The molecule has 0 unspecified atom stereocenters. The van der Waals surface area contributed by atoms with E-state index in [0.29, 0.717) is 5.91 Å². The number of hydrogen-bond acceptors (Lipinski definition) is 2. The number of nitrogens with zero attached hydrogens (tertiary/aromatic N) is 1. The van der Waals surface area contributed by atoms with Crippen LogP contribution in [-0.2, 0) is 4.79 Å². The van der Waals surface area contributed by atoms with Crippen LogP contribution < -0.4 is 0 Å². The summed E-state index contributed by atoms with van der Waals surface area (Å²) in [6.07, 6.45) is 7.28. The second-order valence-corrected chi connectivity index (χ2v) is 6.85. The average Bonchev–Trinajstić information content (AvgIpc) is 2.62. The molecule has 3 nitrogen and oxygen atoms in total. The van der Waals surface area contributed by atoms with Gasteiger partial charge in [0.05, 0.1) is 6.10 Å². The monoisotopic (exact) mass is 301 g/mol. The molecule has 0 radical (unpaired) electrons. The summed E-state index contributed by atoms with van der Waals surface area (Å²) in [5.41, 5.74) is 1.000. The minimum atomic E-state index is -0.395. The molecule has 1 atom stereocenters. The van der Waals surface area contributed by atoms with E-state index in [1.807, 2.05) is 35.2 Å². The standard InChI is InChI=1S/C19H27NO2/c21-18(15-7-3-1-4-8-15)16-11-13-20(14-12-16)19(22)17-9-5-2-6-10-17/h1,3-4,7-8,16-18,21H,2,5-6,9-14H2/t18-/m0/s1. The molecule has 1 N–H and O–H groups in total. The van der Waals surface area contributed by atoms with E-state index in [2.05, 4.69) is 0 Å². The number of rotatable bonds is 3. The predicted octanol–water partition coefficient (Wildman–Crippen LogP) is 3.54. The maximum absolute atomic E-state index is 12.6. The molecule has 1 aromatic carbocycles. The van der Waals surface area contributed by atoms with Gasteiger partial charge in [-0.25, -0.2) is 0 Å². The molecule has 3 rings (SSSR count). The second-order valence-electron chi connectivity index (χ2n) is 6.85. The van der Waals surface area contributed by atoms with E-state index in [4.69, 9.17) is 0 Å². The lowest BCUT2D eigenvalue weighted by Gasteiger charge is -2.36. The molecule has 0 bridgehead atoms. The molecule has 1 heterocycles. The van der Waals surface area contributed by atoms with Gasteiger partial charge in [0.1, 0.15) is 0 Å². The summed E-state index contributed by atoms with van der Waals surface area (Å²) in [6.45, 7) is 1.62. The molecule has 3 heteroatoms. The lowest BCUT2D eigenvalue weighted by molar-refractivity contribution is -0.138. The number of hydrogen-bond donors (Lipinski definition) is 1. The fraction of sp³-hybridized carbons (Fsp3) is 0.632. The zero-order chi connectivity index (χ0) is 15.4. The van der Waals surface area contributed by atoms with Gasteiger partial charge in [-0.05, 0) is 37.2 Å². The predicted molar refractivity (Wildman–Crippen MR) is 87.3 cm³/mol. The first-order valence-electron chi connectivity index (χ1n) is 8.77. The molecule has 120 valence electrons. The van der Waals surface area contributed by atoms with Crippen molar-refractivity contribution in [3.63, 3.8) is 0 Å². The Morgan fingerprint density at radius 2 is 1.64 bits per heavy atom. The maximum Gasteiger partial charge on any atom is 0.225 e. The van der Waals surface area contributed by atoms with E-state index in [1.165, 1.54) is 19.3 Å². The van der Waals surface area contributed by atoms with Gasteiger partial charge in [0.2, 0.25) is 5.91 Å². The largest absolute Gasteiger partial charge is 0.388 e. The van der Waals surface area contributed by atoms with Crippen molar-refractivity contribution in [2.75, 3.05) is 13.1 Å². The summed E-state index contributed by atoms with van der Waals surface area (Å²) in [5.74, 6) is 0.912. The highest BCUT2D eigenvalue weighted by Crippen LogP contribution is 2.32. The number of piperidine rings is 1. The van der Waals surface area contributed by atoms with Gasteiger partial charge in [-0.2, -0.15) is 0 Å². The number of amides is 1. The second kappa shape index (κ2) is 7.28. The number of carbonyl (C=O) groups excluding carboxylic acids is 1. The van der Waals surface area contributed by atoms with Crippen molar-refractivity contribution in [2.45, 2.75) is 51.0 Å². The highest BCUT2D eigenvalue weighted by atomic mass is 16.3. The molecule has 2 fully saturated rings. The van der Waals surface area contributed by atoms with Crippen LogP contribution in [0.2, 0.25) is 0 Å². The van der Waals surface area contributed by atoms with Crippen LogP contribution in [-0.4, -0.2) is 29.0 Å². The van der Waals surface area contributed by atoms with E-state index >= 15 is 0 Å². The van der Waals surface area contributed by atoms with Gasteiger partial charge in [0, 0.05) is 19.0 Å². The summed E-state index contributed by atoms with van der Waals surface area (Å²) in [4.78, 5) is 14.6. The van der Waals surface area contributed by atoms with Crippen molar-refractivity contribution in [3.8, 4) is 0 Å². The first-order chi connectivity index (χ1) is 10.8. The Balaban J connectivity index is 1.52. The average molecular weight is 301 g/mol. The van der Waals surface area contributed by atoms with Crippen LogP contribution in [0.4, 0.5) is 0 Å². The van der Waals surface area contributed by atoms with Gasteiger partial charge in [0.15, 0.2) is 0 Å². The maximum atomic E-state index is 12.6. The topological polar surface area (TPSA) is 40.5 Å². The Hall–Kier alpha value is -1.35. The molecule has 22 heavy (non-hydrogen) atoms. The molecule has 1 aliphatic carbocycles. The Morgan fingerprint density at radius 1 is 1.00 bits per heavy atom. The molecular formula is C19H27NO2. The van der Waals surface area contributed by atoms with E-state index in [-0.39, 0.29) is 11.8 Å². The normalized spacial score (nSPS) is 22.5. The third kappa shape index (κ3) is 3.52. The summed E-state index contributed by atoms with van der Waals surface area (Å²) in [5, 5.41) is 10.5. The summed E-state index contributed by atoms with van der Waals surface area (Å²) in [6, 6.07) is 9.90. The molecule has 2 aliphatic rings. The van der Waals surface area contributed by atoms with Crippen molar-refractivity contribution in [2.24, 2.45) is 11.8 Å². The van der Waals surface area contributed by atoms with Crippen molar-refractivity contribution in [1.82, 2.24) is 4.90 Å². The zero-order valence-electron chi connectivity index (χ0n) is 13.3. The molecule has 0 aromatic heterocycles. The minimum absolute atomic E-state index is 0.268. The van der Waals surface area contributed by atoms with Gasteiger partial charge >= 0.3 is 0 Å². The van der Waals surface area contributed by atoms with Crippen LogP contribution in [0.1, 0.15) is 56.6 Å². The van der Waals surface area contributed by atoms with Crippen molar-refractivity contribution < 1.29 is 9.90 Å². The number of benzene rings is 1. The first-order valence-corrected chi connectivity index (χ1v) is 8.77. The highest BCUT2D eigenvalue weighted by Gasteiger charge is 2.31. The fourth-order valence-corrected chi connectivity index (χ4v) is 3.97. The smallest absolute Gasteiger partial charge is 0.225 e. The van der Waals surface area contributed by atoms with Crippen LogP contribution >= 0.6 is 0 Å². The van der Waals surface area contributed by atoms with Crippen molar-refractivity contribution >= 4 is 5.91 Å². The van der Waals surface area contributed by atoms with Crippen LogP contribution in [0.25, 0.3) is 0 Å². The van der Waals surface area contributed by atoms with Crippen molar-refractivity contribution in [1.29, 1.82) is 0 Å². The molecule has 1 aromatic rings. The Morgan fingerprint density at radius 3 is 2.27 bits per heavy atom. The third-order valence-corrected chi connectivity index (χ3v) is 5.39. The Labute approximate surface area is 133 Å². The number of aliphatic hydroxyl groups excluding tert-OH is 1. The van der Waals surface area contributed by atoms with Gasteiger partial charge in [-0.15, -0.1) is 0 Å². The van der Waals surface area contributed by atoms with Gasteiger partial charge in [0.25, 0.3) is 0 Å². The Kier molecular flexibility index (Phi) is 5.14. The van der Waals surface area contributed by atoms with Gasteiger partial charge in [-0.1, -0.05) is 49.6 Å². The van der Waals surface area contributed by atoms with E-state index < -0.39 is 6.10 Å². The van der Waals surface area contributed by atoms with E-state index in [0.717, 1.165) is 44.3 Å². The molecule has 1 amide bonds. The third-order valence-electron chi connectivity index (χ3n) is 5.39.